The Morgan fingerprint density at radius 1 is 1.53 bits per heavy atom. The number of imidazole rings is 1. The lowest BCUT2D eigenvalue weighted by atomic mass is 10.5. The van der Waals surface area contributed by atoms with Crippen LogP contribution >= 0.6 is 11.6 Å². The Labute approximate surface area is 92.1 Å². The Kier molecular flexibility index (Phi) is 2.82. The van der Waals surface area contributed by atoms with Gasteiger partial charge in [0.15, 0.2) is 5.82 Å². The molecule has 0 aromatic carbocycles. The van der Waals surface area contributed by atoms with Crippen LogP contribution in [-0.2, 0) is 0 Å². The molecule has 6 heteroatoms. The van der Waals surface area contributed by atoms with Crippen molar-refractivity contribution in [2.24, 2.45) is 0 Å². The molecule has 0 atom stereocenters. The molecule has 0 aliphatic heterocycles. The molecule has 2 rings (SSSR count). The second kappa shape index (κ2) is 4.27. The summed E-state index contributed by atoms with van der Waals surface area (Å²) >= 11 is 5.99. The summed E-state index contributed by atoms with van der Waals surface area (Å²) in [6, 6.07) is 0. The fourth-order valence-electron chi connectivity index (χ4n) is 1.17. The standard InChI is InChI=1S/C9H10ClN5/c1-2-12-9-13-5-7(10)8(14-9)15-4-3-11-6-15/h3-6H,2H2,1H3,(H,12,13,14). The maximum Gasteiger partial charge on any atom is 0.224 e. The van der Waals surface area contributed by atoms with E-state index in [0.29, 0.717) is 16.8 Å². The van der Waals surface area contributed by atoms with E-state index in [1.165, 1.54) is 0 Å². The lowest BCUT2D eigenvalue weighted by Gasteiger charge is -2.06. The van der Waals surface area contributed by atoms with Crippen molar-refractivity contribution in [3.63, 3.8) is 0 Å². The Morgan fingerprint density at radius 3 is 3.07 bits per heavy atom. The summed E-state index contributed by atoms with van der Waals surface area (Å²) in [5.74, 6) is 1.19. The van der Waals surface area contributed by atoms with Crippen LogP contribution in [-0.4, -0.2) is 26.1 Å². The van der Waals surface area contributed by atoms with E-state index in [4.69, 9.17) is 11.6 Å². The van der Waals surface area contributed by atoms with Gasteiger partial charge in [-0.1, -0.05) is 11.6 Å². The SMILES string of the molecule is CCNc1ncc(Cl)c(-n2ccnc2)n1. The lowest BCUT2D eigenvalue weighted by molar-refractivity contribution is 0.964. The van der Waals surface area contributed by atoms with Crippen molar-refractivity contribution in [2.45, 2.75) is 6.92 Å². The molecular weight excluding hydrogens is 214 g/mol. The van der Waals surface area contributed by atoms with Crippen LogP contribution in [0.3, 0.4) is 0 Å². The minimum absolute atomic E-state index is 0.495. The first-order chi connectivity index (χ1) is 7.31. The van der Waals surface area contributed by atoms with Crippen LogP contribution < -0.4 is 5.32 Å². The number of hydrogen-bond acceptors (Lipinski definition) is 4. The van der Waals surface area contributed by atoms with E-state index in [1.807, 2.05) is 6.92 Å². The van der Waals surface area contributed by atoms with Crippen molar-refractivity contribution >= 4 is 17.5 Å². The molecule has 0 amide bonds. The van der Waals surface area contributed by atoms with E-state index < -0.39 is 0 Å². The molecule has 0 fully saturated rings. The van der Waals surface area contributed by atoms with E-state index in [1.54, 1.807) is 29.5 Å². The molecule has 2 aromatic heterocycles. The van der Waals surface area contributed by atoms with E-state index in [0.717, 1.165) is 6.54 Å². The van der Waals surface area contributed by atoms with Crippen LogP contribution in [0.4, 0.5) is 5.95 Å². The average molecular weight is 224 g/mol. The lowest BCUT2D eigenvalue weighted by Crippen LogP contribution is -2.05. The predicted octanol–water partition coefficient (Wildman–Crippen LogP) is 1.75. The van der Waals surface area contributed by atoms with Crippen molar-refractivity contribution < 1.29 is 0 Å². The van der Waals surface area contributed by atoms with E-state index in [2.05, 4.69) is 20.3 Å². The zero-order valence-electron chi connectivity index (χ0n) is 8.18. The summed E-state index contributed by atoms with van der Waals surface area (Å²) in [5.41, 5.74) is 0. The van der Waals surface area contributed by atoms with Crippen LogP contribution in [0.15, 0.2) is 24.9 Å². The number of rotatable bonds is 3. The fraction of sp³-hybridized carbons (Fsp3) is 0.222. The first-order valence-corrected chi connectivity index (χ1v) is 4.94. The van der Waals surface area contributed by atoms with Gasteiger partial charge in [0.2, 0.25) is 5.95 Å². The zero-order valence-corrected chi connectivity index (χ0v) is 8.94. The Hall–Kier alpha value is -1.62. The first kappa shape index (κ1) is 9.92. The highest BCUT2D eigenvalue weighted by Crippen LogP contribution is 2.17. The second-order valence-corrected chi connectivity index (χ2v) is 3.27. The van der Waals surface area contributed by atoms with Gasteiger partial charge in [0.25, 0.3) is 0 Å². The number of halogens is 1. The zero-order chi connectivity index (χ0) is 10.7. The quantitative estimate of drug-likeness (QED) is 0.862. The van der Waals surface area contributed by atoms with Gasteiger partial charge in [0, 0.05) is 18.9 Å². The maximum atomic E-state index is 5.99. The van der Waals surface area contributed by atoms with Crippen LogP contribution in [0.25, 0.3) is 5.82 Å². The van der Waals surface area contributed by atoms with E-state index >= 15 is 0 Å². The average Bonchev–Trinajstić information content (AvgIpc) is 2.74. The normalized spacial score (nSPS) is 10.3. The third kappa shape index (κ3) is 2.07. The summed E-state index contributed by atoms with van der Waals surface area (Å²) < 4.78 is 1.74. The predicted molar refractivity (Wildman–Crippen MR) is 58.3 cm³/mol. The largest absolute Gasteiger partial charge is 0.354 e. The highest BCUT2D eigenvalue weighted by atomic mass is 35.5. The minimum atomic E-state index is 0.495. The molecular formula is C9H10ClN5. The van der Waals surface area contributed by atoms with Crippen LogP contribution in [0.1, 0.15) is 6.92 Å². The Morgan fingerprint density at radius 2 is 2.40 bits per heavy atom. The smallest absolute Gasteiger partial charge is 0.224 e. The van der Waals surface area contributed by atoms with Gasteiger partial charge in [-0.2, -0.15) is 4.98 Å². The van der Waals surface area contributed by atoms with Crippen LogP contribution in [0, 0.1) is 0 Å². The molecule has 0 saturated heterocycles. The van der Waals surface area contributed by atoms with Crippen molar-refractivity contribution in [2.75, 3.05) is 11.9 Å². The van der Waals surface area contributed by atoms with Crippen molar-refractivity contribution in [1.82, 2.24) is 19.5 Å². The first-order valence-electron chi connectivity index (χ1n) is 4.56. The summed E-state index contributed by atoms with van der Waals surface area (Å²) in [5, 5.41) is 3.52. The van der Waals surface area contributed by atoms with Gasteiger partial charge < -0.3 is 5.32 Å². The topological polar surface area (TPSA) is 55.6 Å². The third-order valence-corrected chi connectivity index (χ3v) is 2.08. The monoisotopic (exact) mass is 223 g/mol. The number of anilines is 1. The number of nitrogens with one attached hydrogen (secondary N) is 1. The van der Waals surface area contributed by atoms with Gasteiger partial charge in [-0.3, -0.25) is 4.57 Å². The minimum Gasteiger partial charge on any atom is -0.354 e. The molecule has 0 spiro atoms. The molecule has 0 aliphatic carbocycles. The second-order valence-electron chi connectivity index (χ2n) is 2.87. The van der Waals surface area contributed by atoms with Gasteiger partial charge in [0.05, 0.1) is 6.20 Å². The maximum absolute atomic E-state index is 5.99. The molecule has 0 unspecified atom stereocenters. The van der Waals surface area contributed by atoms with E-state index in [-0.39, 0.29) is 0 Å². The fourth-order valence-corrected chi connectivity index (χ4v) is 1.36. The summed E-state index contributed by atoms with van der Waals surface area (Å²) in [7, 11) is 0. The number of nitrogens with zero attached hydrogens (tertiary/aromatic N) is 4. The molecule has 0 aliphatic rings. The number of aromatic nitrogens is 4. The molecule has 0 radical (unpaired) electrons. The molecule has 1 N–H and O–H groups in total. The third-order valence-electron chi connectivity index (χ3n) is 1.81. The molecule has 0 saturated carbocycles. The van der Waals surface area contributed by atoms with Gasteiger partial charge in [0.1, 0.15) is 11.3 Å². The van der Waals surface area contributed by atoms with Gasteiger partial charge in [-0.15, -0.1) is 0 Å². The molecule has 2 heterocycles. The summed E-state index contributed by atoms with van der Waals surface area (Å²) in [4.78, 5) is 12.3. The molecule has 78 valence electrons. The van der Waals surface area contributed by atoms with E-state index in [9.17, 15) is 0 Å². The molecule has 5 nitrogen and oxygen atoms in total. The molecule has 2 aromatic rings. The highest BCUT2D eigenvalue weighted by Gasteiger charge is 2.06. The Bertz CT molecular complexity index is 440. The van der Waals surface area contributed by atoms with Crippen LogP contribution in [0.5, 0.6) is 0 Å². The molecule has 15 heavy (non-hydrogen) atoms. The summed E-state index contributed by atoms with van der Waals surface area (Å²) in [6.45, 7) is 2.75. The number of hydrogen-bond donors (Lipinski definition) is 1. The van der Waals surface area contributed by atoms with Crippen molar-refractivity contribution in [1.29, 1.82) is 0 Å². The molecule has 0 bridgehead atoms. The van der Waals surface area contributed by atoms with Gasteiger partial charge in [-0.05, 0) is 6.92 Å². The van der Waals surface area contributed by atoms with Crippen molar-refractivity contribution in [3.8, 4) is 5.82 Å². The van der Waals surface area contributed by atoms with Crippen LogP contribution in [0.2, 0.25) is 5.02 Å². The highest BCUT2D eigenvalue weighted by molar-refractivity contribution is 6.32. The van der Waals surface area contributed by atoms with Crippen molar-refractivity contribution in [3.05, 3.63) is 29.9 Å². The summed E-state index contributed by atoms with van der Waals surface area (Å²) in [6.07, 6.45) is 6.67. The Balaban J connectivity index is 2.41. The van der Waals surface area contributed by atoms with Gasteiger partial charge in [-0.25, -0.2) is 9.97 Å². The van der Waals surface area contributed by atoms with Gasteiger partial charge >= 0.3 is 0 Å².